The summed E-state index contributed by atoms with van der Waals surface area (Å²) < 4.78 is 28.6. The molecule has 0 aliphatic heterocycles. The van der Waals surface area contributed by atoms with E-state index in [1.165, 1.54) is 6.07 Å². The van der Waals surface area contributed by atoms with Crippen LogP contribution in [-0.2, 0) is 6.54 Å². The molecule has 0 aliphatic rings. The summed E-state index contributed by atoms with van der Waals surface area (Å²) in [4.78, 5) is 6.40. The van der Waals surface area contributed by atoms with Crippen LogP contribution in [0.4, 0.5) is 8.78 Å². The van der Waals surface area contributed by atoms with Crippen molar-refractivity contribution in [1.29, 1.82) is 0 Å². The van der Waals surface area contributed by atoms with Gasteiger partial charge in [0, 0.05) is 25.3 Å². The second-order valence-electron chi connectivity index (χ2n) is 5.09. The van der Waals surface area contributed by atoms with E-state index in [2.05, 4.69) is 4.98 Å². The molecule has 6 heteroatoms. The van der Waals surface area contributed by atoms with E-state index in [0.29, 0.717) is 24.0 Å². The van der Waals surface area contributed by atoms with E-state index in [4.69, 9.17) is 5.11 Å². The molecule has 4 nitrogen and oxygen atoms in total. The molecule has 1 aromatic heterocycles. The monoisotopic (exact) mass is 283 g/mol. The van der Waals surface area contributed by atoms with E-state index in [9.17, 15) is 8.78 Å². The fraction of sp³-hybridized carbons (Fsp3) is 0.500. The van der Waals surface area contributed by atoms with Gasteiger partial charge in [-0.15, -0.1) is 0 Å². The molecule has 20 heavy (non-hydrogen) atoms. The summed E-state index contributed by atoms with van der Waals surface area (Å²) in [5.41, 5.74) is 0.992. The molecule has 110 valence electrons. The van der Waals surface area contributed by atoms with Crippen LogP contribution in [-0.4, -0.2) is 40.3 Å². The van der Waals surface area contributed by atoms with Crippen LogP contribution in [0.5, 0.6) is 0 Å². The average molecular weight is 283 g/mol. The number of aliphatic hydroxyl groups is 1. The highest BCUT2D eigenvalue weighted by Crippen LogP contribution is 2.25. The predicted molar refractivity (Wildman–Crippen MR) is 73.5 cm³/mol. The molecular formula is C14H19F2N3O. The van der Waals surface area contributed by atoms with E-state index in [1.54, 1.807) is 0 Å². The number of halogens is 2. The molecule has 1 N–H and O–H groups in total. The van der Waals surface area contributed by atoms with E-state index in [-0.39, 0.29) is 12.6 Å². The molecule has 0 amide bonds. The van der Waals surface area contributed by atoms with E-state index in [1.807, 2.05) is 30.5 Å². The van der Waals surface area contributed by atoms with Crippen molar-refractivity contribution >= 4 is 11.0 Å². The van der Waals surface area contributed by atoms with Gasteiger partial charge in [0.1, 0.15) is 5.82 Å². The Morgan fingerprint density at radius 2 is 1.95 bits per heavy atom. The summed E-state index contributed by atoms with van der Waals surface area (Å²) in [7, 11) is 3.84. The summed E-state index contributed by atoms with van der Waals surface area (Å²) in [6.07, 6.45) is 0.539. The van der Waals surface area contributed by atoms with Crippen molar-refractivity contribution in [2.75, 3.05) is 20.7 Å². The Bertz CT molecular complexity index is 610. The smallest absolute Gasteiger partial charge is 0.161 e. The Labute approximate surface area is 116 Å². The second kappa shape index (κ2) is 5.85. The summed E-state index contributed by atoms with van der Waals surface area (Å²) in [6, 6.07) is 2.29. The van der Waals surface area contributed by atoms with Crippen molar-refractivity contribution in [3.63, 3.8) is 0 Å². The molecule has 1 unspecified atom stereocenters. The molecule has 2 aromatic rings. The SMILES string of the molecule is CC(c1nc2cc(F)c(F)cc2n1CCCO)N(C)C. The van der Waals surface area contributed by atoms with E-state index < -0.39 is 11.6 Å². The zero-order valence-corrected chi connectivity index (χ0v) is 11.9. The second-order valence-corrected chi connectivity index (χ2v) is 5.09. The highest BCUT2D eigenvalue weighted by atomic mass is 19.2. The van der Waals surface area contributed by atoms with Gasteiger partial charge < -0.3 is 9.67 Å². The number of hydrogen-bond donors (Lipinski definition) is 1. The summed E-state index contributed by atoms with van der Waals surface area (Å²) in [5.74, 6) is -1.04. The van der Waals surface area contributed by atoms with Gasteiger partial charge in [-0.3, -0.25) is 4.90 Å². The van der Waals surface area contributed by atoms with Crippen LogP contribution >= 0.6 is 0 Å². The molecule has 1 atom stereocenters. The van der Waals surface area contributed by atoms with Crippen LogP contribution in [0.25, 0.3) is 11.0 Å². The van der Waals surface area contributed by atoms with Gasteiger partial charge in [0.05, 0.1) is 17.1 Å². The predicted octanol–water partition coefficient (Wildman–Crippen LogP) is 2.32. The average Bonchev–Trinajstić information content (AvgIpc) is 2.73. The molecule has 0 aliphatic carbocycles. The summed E-state index contributed by atoms with van der Waals surface area (Å²) in [5, 5.41) is 9.00. The summed E-state index contributed by atoms with van der Waals surface area (Å²) >= 11 is 0. The molecule has 0 radical (unpaired) electrons. The highest BCUT2D eigenvalue weighted by Gasteiger charge is 2.19. The number of rotatable bonds is 5. The first-order valence-corrected chi connectivity index (χ1v) is 6.58. The number of nitrogens with zero attached hydrogens (tertiary/aromatic N) is 3. The summed E-state index contributed by atoms with van der Waals surface area (Å²) in [6.45, 7) is 2.54. The standard InChI is InChI=1S/C14H19F2N3O/c1-9(18(2)3)14-17-12-7-10(15)11(16)8-13(12)19(14)5-4-6-20/h7-9,20H,4-6H2,1-3H3. The van der Waals surface area contributed by atoms with Crippen LogP contribution in [0.3, 0.4) is 0 Å². The van der Waals surface area contributed by atoms with Crippen molar-refractivity contribution in [1.82, 2.24) is 14.5 Å². The van der Waals surface area contributed by atoms with Crippen molar-refractivity contribution in [2.45, 2.75) is 25.9 Å². The Morgan fingerprint density at radius 3 is 2.55 bits per heavy atom. The third-order valence-electron chi connectivity index (χ3n) is 3.51. The number of benzene rings is 1. The minimum absolute atomic E-state index is 0.00668. The molecule has 2 rings (SSSR count). The molecule has 0 fully saturated rings. The number of aliphatic hydroxyl groups excluding tert-OH is 1. The highest BCUT2D eigenvalue weighted by molar-refractivity contribution is 5.76. The third-order valence-corrected chi connectivity index (χ3v) is 3.51. The van der Waals surface area contributed by atoms with Gasteiger partial charge in [-0.1, -0.05) is 0 Å². The first kappa shape index (κ1) is 14.9. The van der Waals surface area contributed by atoms with Gasteiger partial charge >= 0.3 is 0 Å². The minimum Gasteiger partial charge on any atom is -0.396 e. The molecule has 0 spiro atoms. The van der Waals surface area contributed by atoms with Gasteiger partial charge in [0.2, 0.25) is 0 Å². The number of aryl methyl sites for hydroxylation is 1. The fourth-order valence-corrected chi connectivity index (χ4v) is 2.15. The Hall–Kier alpha value is -1.53. The first-order valence-electron chi connectivity index (χ1n) is 6.58. The lowest BCUT2D eigenvalue weighted by molar-refractivity contribution is 0.272. The normalized spacial score (nSPS) is 13.3. The van der Waals surface area contributed by atoms with Crippen LogP contribution in [0, 0.1) is 11.6 Å². The van der Waals surface area contributed by atoms with Crippen LogP contribution in [0.15, 0.2) is 12.1 Å². The minimum atomic E-state index is -0.895. The molecule has 1 heterocycles. The van der Waals surface area contributed by atoms with Crippen molar-refractivity contribution in [3.8, 4) is 0 Å². The Kier molecular flexibility index (Phi) is 4.35. The number of hydrogen-bond acceptors (Lipinski definition) is 3. The molecule has 0 saturated carbocycles. The van der Waals surface area contributed by atoms with Gasteiger partial charge in [0.15, 0.2) is 11.6 Å². The van der Waals surface area contributed by atoms with Crippen LogP contribution in [0.1, 0.15) is 25.2 Å². The maximum atomic E-state index is 13.4. The Balaban J connectivity index is 2.60. The van der Waals surface area contributed by atoms with E-state index in [0.717, 1.165) is 11.9 Å². The van der Waals surface area contributed by atoms with Gasteiger partial charge in [-0.2, -0.15) is 0 Å². The van der Waals surface area contributed by atoms with Crippen molar-refractivity contribution in [3.05, 3.63) is 29.6 Å². The first-order chi connectivity index (χ1) is 9.45. The molecular weight excluding hydrogens is 264 g/mol. The molecule has 0 saturated heterocycles. The van der Waals surface area contributed by atoms with Crippen LogP contribution in [0.2, 0.25) is 0 Å². The zero-order chi connectivity index (χ0) is 14.9. The maximum Gasteiger partial charge on any atom is 0.161 e. The lowest BCUT2D eigenvalue weighted by Crippen LogP contribution is -2.21. The number of aromatic nitrogens is 2. The third kappa shape index (κ3) is 2.66. The van der Waals surface area contributed by atoms with E-state index >= 15 is 0 Å². The topological polar surface area (TPSA) is 41.3 Å². The van der Waals surface area contributed by atoms with Gasteiger partial charge in [0.25, 0.3) is 0 Å². The molecule has 0 bridgehead atoms. The Morgan fingerprint density at radius 1 is 1.30 bits per heavy atom. The number of fused-ring (bicyclic) bond motifs is 1. The largest absolute Gasteiger partial charge is 0.396 e. The fourth-order valence-electron chi connectivity index (χ4n) is 2.15. The zero-order valence-electron chi connectivity index (χ0n) is 11.9. The van der Waals surface area contributed by atoms with Crippen LogP contribution < -0.4 is 0 Å². The molecule has 1 aromatic carbocycles. The van der Waals surface area contributed by atoms with Gasteiger partial charge in [-0.05, 0) is 27.4 Å². The lowest BCUT2D eigenvalue weighted by atomic mass is 10.2. The van der Waals surface area contributed by atoms with Crippen molar-refractivity contribution < 1.29 is 13.9 Å². The van der Waals surface area contributed by atoms with Crippen molar-refractivity contribution in [2.24, 2.45) is 0 Å². The lowest BCUT2D eigenvalue weighted by Gasteiger charge is -2.20. The quantitative estimate of drug-likeness (QED) is 0.915. The van der Waals surface area contributed by atoms with Gasteiger partial charge in [-0.25, -0.2) is 13.8 Å². The number of imidazole rings is 1. The maximum absolute atomic E-state index is 13.4.